The van der Waals surface area contributed by atoms with E-state index in [2.05, 4.69) is 10.1 Å². The fraction of sp³-hybridized carbons (Fsp3) is 0.500. The van der Waals surface area contributed by atoms with Gasteiger partial charge in [0.15, 0.2) is 21.3 Å². The highest BCUT2D eigenvalue weighted by Crippen LogP contribution is 2.22. The van der Waals surface area contributed by atoms with E-state index in [1.165, 1.54) is 4.52 Å². The van der Waals surface area contributed by atoms with Gasteiger partial charge in [-0.05, 0) is 25.0 Å². The molecular formula is C12H14ClN3O2S. The summed E-state index contributed by atoms with van der Waals surface area (Å²) < 4.78 is 25.5. The highest BCUT2D eigenvalue weighted by Gasteiger charge is 2.30. The van der Waals surface area contributed by atoms with Crippen LogP contribution in [0, 0.1) is 0 Å². The molecule has 1 unspecified atom stereocenters. The number of rotatable bonds is 2. The third-order valence-electron chi connectivity index (χ3n) is 3.48. The van der Waals surface area contributed by atoms with Crippen LogP contribution in [0.3, 0.4) is 0 Å². The summed E-state index contributed by atoms with van der Waals surface area (Å²) in [5, 5.41) is 4.41. The van der Waals surface area contributed by atoms with E-state index in [1.807, 2.05) is 0 Å². The van der Waals surface area contributed by atoms with Crippen molar-refractivity contribution in [3.63, 3.8) is 0 Å². The smallest absolute Gasteiger partial charge is 0.157 e. The molecule has 2 aromatic rings. The molecule has 0 N–H and O–H groups in total. The van der Waals surface area contributed by atoms with Crippen molar-refractivity contribution in [3.8, 4) is 0 Å². The Bertz CT molecular complexity index is 711. The van der Waals surface area contributed by atoms with Crippen molar-refractivity contribution >= 4 is 27.1 Å². The summed E-state index contributed by atoms with van der Waals surface area (Å²) in [6, 6.07) is 5.33. The van der Waals surface area contributed by atoms with Gasteiger partial charge in [0.1, 0.15) is 5.15 Å². The Kier molecular flexibility index (Phi) is 3.22. The van der Waals surface area contributed by atoms with E-state index in [9.17, 15) is 8.42 Å². The van der Waals surface area contributed by atoms with Crippen LogP contribution in [0.2, 0.25) is 5.15 Å². The Morgan fingerprint density at radius 1 is 1.37 bits per heavy atom. The van der Waals surface area contributed by atoms with Crippen LogP contribution in [-0.2, 0) is 16.3 Å². The lowest BCUT2D eigenvalue weighted by atomic mass is 10.1. The zero-order chi connectivity index (χ0) is 13.5. The van der Waals surface area contributed by atoms with Crippen molar-refractivity contribution in [2.45, 2.75) is 30.9 Å². The molecule has 0 aliphatic carbocycles. The maximum absolute atomic E-state index is 12.0. The zero-order valence-electron chi connectivity index (χ0n) is 10.3. The molecule has 1 fully saturated rings. The van der Waals surface area contributed by atoms with Gasteiger partial charge < -0.3 is 0 Å². The van der Waals surface area contributed by atoms with Gasteiger partial charge >= 0.3 is 0 Å². The molecule has 3 rings (SSSR count). The molecule has 102 valence electrons. The van der Waals surface area contributed by atoms with Crippen LogP contribution >= 0.6 is 11.6 Å². The van der Waals surface area contributed by atoms with Crippen LogP contribution in [-0.4, -0.2) is 34.0 Å². The largest absolute Gasteiger partial charge is 0.229 e. The molecule has 1 aliphatic rings. The van der Waals surface area contributed by atoms with Crippen molar-refractivity contribution in [3.05, 3.63) is 29.2 Å². The van der Waals surface area contributed by atoms with Crippen molar-refractivity contribution in [2.24, 2.45) is 0 Å². The molecule has 3 heterocycles. The van der Waals surface area contributed by atoms with Crippen LogP contribution in [0.5, 0.6) is 0 Å². The van der Waals surface area contributed by atoms with Gasteiger partial charge in [-0.15, -0.1) is 5.10 Å². The predicted octanol–water partition coefficient (Wildman–Crippen LogP) is 1.89. The summed E-state index contributed by atoms with van der Waals surface area (Å²) in [7, 11) is -2.99. The lowest BCUT2D eigenvalue weighted by molar-refractivity contribution is 0.534. The number of aromatic nitrogens is 3. The van der Waals surface area contributed by atoms with Crippen LogP contribution in [0.4, 0.5) is 0 Å². The summed E-state index contributed by atoms with van der Waals surface area (Å²) in [6.07, 6.45) is 2.80. The second-order valence-corrected chi connectivity index (χ2v) is 7.62. The first kappa shape index (κ1) is 12.9. The second-order valence-electron chi connectivity index (χ2n) is 4.84. The van der Waals surface area contributed by atoms with Gasteiger partial charge in [0, 0.05) is 6.42 Å². The third-order valence-corrected chi connectivity index (χ3v) is 6.04. The molecule has 7 heteroatoms. The third kappa shape index (κ3) is 2.47. The van der Waals surface area contributed by atoms with Crippen molar-refractivity contribution < 1.29 is 8.42 Å². The van der Waals surface area contributed by atoms with Gasteiger partial charge in [-0.2, -0.15) is 0 Å². The van der Waals surface area contributed by atoms with Crippen LogP contribution in [0.25, 0.3) is 5.65 Å². The molecular weight excluding hydrogens is 286 g/mol. The first-order valence-corrected chi connectivity index (χ1v) is 8.37. The molecule has 2 aromatic heterocycles. The first-order chi connectivity index (χ1) is 9.06. The summed E-state index contributed by atoms with van der Waals surface area (Å²) in [6.45, 7) is 0. The summed E-state index contributed by atoms with van der Waals surface area (Å²) in [4.78, 5) is 4.34. The molecule has 0 radical (unpaired) electrons. The van der Waals surface area contributed by atoms with E-state index in [1.54, 1.807) is 18.2 Å². The highest BCUT2D eigenvalue weighted by molar-refractivity contribution is 7.92. The van der Waals surface area contributed by atoms with E-state index in [-0.39, 0.29) is 11.0 Å². The Morgan fingerprint density at radius 2 is 2.21 bits per heavy atom. The molecule has 5 nitrogen and oxygen atoms in total. The SMILES string of the molecule is O=S1(=O)CCCCC1Cc1nc2cccc(Cl)n2n1. The average Bonchev–Trinajstić information content (AvgIpc) is 2.76. The van der Waals surface area contributed by atoms with Gasteiger partial charge in [-0.1, -0.05) is 24.1 Å². The van der Waals surface area contributed by atoms with E-state index < -0.39 is 9.84 Å². The maximum atomic E-state index is 12.0. The number of nitrogens with zero attached hydrogens (tertiary/aromatic N) is 3. The Morgan fingerprint density at radius 3 is 2.95 bits per heavy atom. The first-order valence-electron chi connectivity index (χ1n) is 6.28. The Labute approximate surface area is 116 Å². The average molecular weight is 300 g/mol. The monoisotopic (exact) mass is 299 g/mol. The van der Waals surface area contributed by atoms with E-state index in [4.69, 9.17) is 11.6 Å². The predicted molar refractivity (Wildman–Crippen MR) is 73.1 cm³/mol. The second kappa shape index (κ2) is 4.76. The number of hydrogen-bond acceptors (Lipinski definition) is 4. The summed E-state index contributed by atoms with van der Waals surface area (Å²) in [5.74, 6) is 0.829. The fourth-order valence-electron chi connectivity index (χ4n) is 2.46. The number of pyridine rings is 1. The van der Waals surface area contributed by atoms with Gasteiger partial charge in [0.05, 0.1) is 11.0 Å². The quantitative estimate of drug-likeness (QED) is 0.794. The van der Waals surface area contributed by atoms with Gasteiger partial charge in [-0.25, -0.2) is 17.9 Å². The van der Waals surface area contributed by atoms with Crippen LogP contribution < -0.4 is 0 Å². The lowest BCUT2D eigenvalue weighted by Crippen LogP contribution is -2.30. The molecule has 0 spiro atoms. The number of hydrogen-bond donors (Lipinski definition) is 0. The van der Waals surface area contributed by atoms with Crippen molar-refractivity contribution in [2.75, 3.05) is 5.75 Å². The number of sulfone groups is 1. The van der Waals surface area contributed by atoms with Crippen LogP contribution in [0.15, 0.2) is 18.2 Å². The standard InChI is InChI=1S/C12H14ClN3O2S/c13-10-5-3-6-12-14-11(15-16(10)12)8-9-4-1-2-7-19(9,17)18/h3,5-6,9H,1-2,4,7-8H2. The number of halogens is 1. The molecule has 1 atom stereocenters. The minimum absolute atomic E-state index is 0.284. The molecule has 0 saturated carbocycles. The maximum Gasteiger partial charge on any atom is 0.157 e. The minimum atomic E-state index is -2.99. The summed E-state index contributed by atoms with van der Waals surface area (Å²) in [5.41, 5.74) is 0.649. The van der Waals surface area contributed by atoms with Gasteiger partial charge in [-0.3, -0.25) is 0 Å². The molecule has 1 aliphatic heterocycles. The topological polar surface area (TPSA) is 64.3 Å². The molecule has 0 aromatic carbocycles. The van der Waals surface area contributed by atoms with E-state index in [0.29, 0.717) is 29.5 Å². The zero-order valence-corrected chi connectivity index (χ0v) is 11.9. The number of fused-ring (bicyclic) bond motifs is 1. The Balaban J connectivity index is 1.91. The van der Waals surface area contributed by atoms with Gasteiger partial charge in [0.2, 0.25) is 0 Å². The molecule has 1 saturated heterocycles. The van der Waals surface area contributed by atoms with Gasteiger partial charge in [0.25, 0.3) is 0 Å². The normalized spacial score (nSPS) is 22.7. The molecule has 0 bridgehead atoms. The highest BCUT2D eigenvalue weighted by atomic mass is 35.5. The van der Waals surface area contributed by atoms with Crippen LogP contribution in [0.1, 0.15) is 25.1 Å². The Hall–Kier alpha value is -1.14. The summed E-state index contributed by atoms with van der Waals surface area (Å²) >= 11 is 6.01. The van der Waals surface area contributed by atoms with E-state index in [0.717, 1.165) is 12.8 Å². The van der Waals surface area contributed by atoms with Crippen molar-refractivity contribution in [1.82, 2.24) is 14.6 Å². The molecule has 19 heavy (non-hydrogen) atoms. The van der Waals surface area contributed by atoms with Crippen molar-refractivity contribution in [1.29, 1.82) is 0 Å². The fourth-order valence-corrected chi connectivity index (χ4v) is 4.52. The van der Waals surface area contributed by atoms with E-state index >= 15 is 0 Å². The lowest BCUT2D eigenvalue weighted by Gasteiger charge is -2.20. The minimum Gasteiger partial charge on any atom is -0.229 e. The molecule has 0 amide bonds.